The summed E-state index contributed by atoms with van der Waals surface area (Å²) in [6, 6.07) is 21.7. The highest BCUT2D eigenvalue weighted by Gasteiger charge is 2.24. The van der Waals surface area contributed by atoms with E-state index in [-0.39, 0.29) is 28.2 Å². The normalized spacial score (nSPS) is 11.7. The van der Waals surface area contributed by atoms with E-state index >= 15 is 0 Å². The zero-order chi connectivity index (χ0) is 28.4. The van der Waals surface area contributed by atoms with Crippen LogP contribution < -0.4 is 0 Å². The van der Waals surface area contributed by atoms with Gasteiger partial charge in [0.25, 0.3) is 5.89 Å². The fourth-order valence-electron chi connectivity index (χ4n) is 4.14. The maximum absolute atomic E-state index is 13.0. The Hall–Kier alpha value is -4.13. The van der Waals surface area contributed by atoms with Crippen LogP contribution in [0.15, 0.2) is 87.3 Å². The van der Waals surface area contributed by atoms with Crippen molar-refractivity contribution in [2.45, 2.75) is 23.9 Å². The Bertz CT molecular complexity index is 1780. The number of carbonyl (C=O) groups is 1. The lowest BCUT2D eigenvalue weighted by atomic mass is 10.1. The van der Waals surface area contributed by atoms with Crippen molar-refractivity contribution in [1.82, 2.24) is 29.3 Å². The molecule has 0 radical (unpaired) electrons. The molecule has 5 rings (SSSR count). The van der Waals surface area contributed by atoms with Crippen LogP contribution in [0.1, 0.15) is 21.8 Å². The molecule has 0 atom stereocenters. The predicted octanol–water partition coefficient (Wildman–Crippen LogP) is 4.83. The van der Waals surface area contributed by atoms with Gasteiger partial charge in [-0.2, -0.15) is 0 Å². The van der Waals surface area contributed by atoms with Crippen molar-refractivity contribution in [2.24, 2.45) is 0 Å². The van der Waals surface area contributed by atoms with Crippen molar-refractivity contribution >= 4 is 27.6 Å². The second kappa shape index (κ2) is 11.2. The maximum Gasteiger partial charge on any atom is 0.285 e. The van der Waals surface area contributed by atoms with Crippen LogP contribution in [-0.4, -0.2) is 63.3 Å². The monoisotopic (exact) mass is 574 g/mol. The molecular weight excluding hydrogens is 548 g/mol. The molecule has 0 saturated carbocycles. The molecule has 10 nitrogen and oxygen atoms in total. The number of sulfonamides is 1. The van der Waals surface area contributed by atoms with Crippen molar-refractivity contribution in [3.8, 4) is 28.5 Å². The third kappa shape index (κ3) is 5.33. The number of aromatic nitrogens is 5. The number of hydrogen-bond donors (Lipinski definition) is 0. The zero-order valence-corrected chi connectivity index (χ0v) is 23.9. The molecule has 2 heterocycles. The molecule has 0 bridgehead atoms. The van der Waals surface area contributed by atoms with E-state index in [2.05, 4.69) is 20.4 Å². The third-order valence-corrected chi connectivity index (χ3v) is 8.92. The summed E-state index contributed by atoms with van der Waals surface area (Å²) in [4.78, 5) is 13.1. The molecule has 40 heavy (non-hydrogen) atoms. The second-order valence-electron chi connectivity index (χ2n) is 9.19. The van der Waals surface area contributed by atoms with Gasteiger partial charge in [0.1, 0.15) is 0 Å². The Labute approximate surface area is 236 Å². The zero-order valence-electron chi connectivity index (χ0n) is 22.3. The summed E-state index contributed by atoms with van der Waals surface area (Å²) in [5.74, 6) is 0.256. The highest BCUT2D eigenvalue weighted by molar-refractivity contribution is 7.99. The van der Waals surface area contributed by atoms with Crippen LogP contribution in [0.3, 0.4) is 0 Å². The summed E-state index contributed by atoms with van der Waals surface area (Å²) >= 11 is 1.18. The fraction of sp³-hybridized carbons (Fsp3) is 0.179. The summed E-state index contributed by atoms with van der Waals surface area (Å²) < 4.78 is 34.3. The Morgan fingerprint density at radius 3 is 2.25 bits per heavy atom. The van der Waals surface area contributed by atoms with E-state index in [0.717, 1.165) is 26.7 Å². The van der Waals surface area contributed by atoms with Gasteiger partial charge in [0, 0.05) is 25.2 Å². The molecule has 12 heteroatoms. The molecule has 0 aliphatic heterocycles. The maximum atomic E-state index is 13.0. The highest BCUT2D eigenvalue weighted by atomic mass is 32.2. The van der Waals surface area contributed by atoms with Gasteiger partial charge in [0.2, 0.25) is 21.7 Å². The number of para-hydroxylation sites is 1. The van der Waals surface area contributed by atoms with Crippen molar-refractivity contribution in [3.05, 3.63) is 89.8 Å². The van der Waals surface area contributed by atoms with Crippen LogP contribution in [0.4, 0.5) is 0 Å². The van der Waals surface area contributed by atoms with E-state index in [1.165, 1.54) is 25.9 Å². The van der Waals surface area contributed by atoms with Crippen LogP contribution in [0.25, 0.3) is 28.5 Å². The van der Waals surface area contributed by atoms with E-state index in [9.17, 15) is 13.2 Å². The van der Waals surface area contributed by atoms with Gasteiger partial charge in [-0.15, -0.1) is 20.4 Å². The van der Waals surface area contributed by atoms with Gasteiger partial charge in [0.15, 0.2) is 11.0 Å². The molecule has 5 aromatic rings. The quantitative estimate of drug-likeness (QED) is 0.180. The Kier molecular flexibility index (Phi) is 7.66. The molecule has 0 N–H and O–H groups in total. The molecule has 0 fully saturated rings. The first-order valence-electron chi connectivity index (χ1n) is 12.3. The van der Waals surface area contributed by atoms with Gasteiger partial charge in [-0.25, -0.2) is 12.7 Å². The average Bonchev–Trinajstić information content (AvgIpc) is 3.60. The SMILES string of the molecule is Cc1cccc(C)c1-n1c(SCC(=O)c2nnc(-c3ccccc3)o2)nnc1-c1cccc(S(=O)(=O)N(C)C)c1. The van der Waals surface area contributed by atoms with Gasteiger partial charge in [-0.1, -0.05) is 60.3 Å². The van der Waals surface area contributed by atoms with Gasteiger partial charge in [-0.05, 0) is 49.2 Å². The first kappa shape index (κ1) is 27.4. The Morgan fingerprint density at radius 2 is 1.55 bits per heavy atom. The summed E-state index contributed by atoms with van der Waals surface area (Å²) in [7, 11) is -0.691. The van der Waals surface area contributed by atoms with Crippen LogP contribution in [0.2, 0.25) is 0 Å². The lowest BCUT2D eigenvalue weighted by Crippen LogP contribution is -2.22. The van der Waals surface area contributed by atoms with Crippen molar-refractivity contribution in [3.63, 3.8) is 0 Å². The van der Waals surface area contributed by atoms with E-state index in [1.807, 2.05) is 66.9 Å². The standard InChI is InChI=1S/C28H26N6O4S2/c1-18-10-8-11-19(2)24(18)34-25(21-14-9-15-22(16-21)40(36,37)33(3)4)29-32-28(34)39-17-23(35)27-31-30-26(38-27)20-12-6-5-7-13-20/h5-16H,17H2,1-4H3. The molecule has 204 valence electrons. The number of benzene rings is 3. The fourth-order valence-corrected chi connectivity index (χ4v) is 5.88. The van der Waals surface area contributed by atoms with Crippen LogP contribution in [0, 0.1) is 13.8 Å². The van der Waals surface area contributed by atoms with E-state index in [0.29, 0.717) is 16.5 Å². The molecule has 2 aromatic heterocycles. The number of hydrogen-bond acceptors (Lipinski definition) is 9. The summed E-state index contributed by atoms with van der Waals surface area (Å²) in [5.41, 5.74) is 4.08. The first-order chi connectivity index (χ1) is 19.2. The van der Waals surface area contributed by atoms with Gasteiger partial charge < -0.3 is 4.42 Å². The summed E-state index contributed by atoms with van der Waals surface area (Å²) in [6.45, 7) is 3.95. The van der Waals surface area contributed by atoms with E-state index < -0.39 is 10.0 Å². The molecule has 0 aliphatic carbocycles. The van der Waals surface area contributed by atoms with Crippen molar-refractivity contribution in [2.75, 3.05) is 19.8 Å². The molecule has 0 spiro atoms. The summed E-state index contributed by atoms with van der Waals surface area (Å²) in [5, 5.41) is 17.2. The average molecular weight is 575 g/mol. The van der Waals surface area contributed by atoms with Gasteiger partial charge in [0.05, 0.1) is 16.3 Å². The van der Waals surface area contributed by atoms with Gasteiger partial charge in [-0.3, -0.25) is 9.36 Å². The van der Waals surface area contributed by atoms with Crippen molar-refractivity contribution < 1.29 is 17.6 Å². The van der Waals surface area contributed by atoms with E-state index in [4.69, 9.17) is 4.42 Å². The Morgan fingerprint density at radius 1 is 0.875 bits per heavy atom. The lowest BCUT2D eigenvalue weighted by molar-refractivity contribution is 0.0986. The molecule has 0 amide bonds. The van der Waals surface area contributed by atoms with Crippen LogP contribution in [0.5, 0.6) is 0 Å². The number of carbonyl (C=O) groups excluding carboxylic acids is 1. The topological polar surface area (TPSA) is 124 Å². The van der Waals surface area contributed by atoms with Crippen LogP contribution in [-0.2, 0) is 10.0 Å². The highest BCUT2D eigenvalue weighted by Crippen LogP contribution is 2.32. The lowest BCUT2D eigenvalue weighted by Gasteiger charge is -2.16. The number of ketones is 1. The third-order valence-electron chi connectivity index (χ3n) is 6.18. The first-order valence-corrected chi connectivity index (χ1v) is 14.7. The number of nitrogens with zero attached hydrogens (tertiary/aromatic N) is 6. The minimum absolute atomic E-state index is 0.0193. The number of rotatable bonds is 9. The largest absolute Gasteiger partial charge is 0.414 e. The molecule has 0 saturated heterocycles. The number of Topliss-reactive ketones (excluding diaryl/α,β-unsaturated/α-hetero) is 1. The Balaban J connectivity index is 1.51. The smallest absolute Gasteiger partial charge is 0.285 e. The molecule has 0 unspecified atom stereocenters. The summed E-state index contributed by atoms with van der Waals surface area (Å²) in [6.07, 6.45) is 0. The van der Waals surface area contributed by atoms with Crippen molar-refractivity contribution in [1.29, 1.82) is 0 Å². The van der Waals surface area contributed by atoms with Crippen LogP contribution >= 0.6 is 11.8 Å². The number of aryl methyl sites for hydroxylation is 2. The predicted molar refractivity (Wildman–Crippen MR) is 152 cm³/mol. The molecular formula is C28H26N6O4S2. The minimum Gasteiger partial charge on any atom is -0.414 e. The molecule has 0 aliphatic rings. The number of thioether (sulfide) groups is 1. The van der Waals surface area contributed by atoms with E-state index in [1.54, 1.807) is 24.3 Å². The minimum atomic E-state index is -3.66. The second-order valence-corrected chi connectivity index (χ2v) is 12.3. The molecule has 3 aromatic carbocycles. The van der Waals surface area contributed by atoms with Gasteiger partial charge >= 0.3 is 0 Å².